The Bertz CT molecular complexity index is 886. The molecule has 0 amide bonds. The van der Waals surface area contributed by atoms with Gasteiger partial charge in [-0.05, 0) is 49.8 Å². The normalized spacial score (nSPS) is 25.4. The molecule has 1 aliphatic carbocycles. The molecule has 1 aromatic carbocycles. The van der Waals surface area contributed by atoms with Crippen LogP contribution in [0, 0.1) is 0 Å². The van der Waals surface area contributed by atoms with Crippen LogP contribution in [0.2, 0.25) is 0 Å². The average molecular weight is 384 g/mol. The van der Waals surface area contributed by atoms with Gasteiger partial charge in [0.15, 0.2) is 0 Å². The van der Waals surface area contributed by atoms with Gasteiger partial charge < -0.3 is 16.0 Å². The third-order valence-electron chi connectivity index (χ3n) is 6.80. The number of aryl methyl sites for hydroxylation is 1. The summed E-state index contributed by atoms with van der Waals surface area (Å²) >= 11 is 6.82. The van der Waals surface area contributed by atoms with Gasteiger partial charge in [-0.15, -0.1) is 11.6 Å². The number of hydrogen-bond donors (Lipinski definition) is 2. The van der Waals surface area contributed by atoms with E-state index in [0.29, 0.717) is 6.54 Å². The van der Waals surface area contributed by atoms with Gasteiger partial charge in [-0.25, -0.2) is 9.97 Å². The topological polar surface area (TPSA) is 67.1 Å². The Morgan fingerprint density at radius 1 is 1.19 bits per heavy atom. The number of hydrogen-bond acceptors (Lipinski definition) is 5. The lowest BCUT2D eigenvalue weighted by atomic mass is 9.72. The summed E-state index contributed by atoms with van der Waals surface area (Å²) in [6.45, 7) is 5.67. The van der Waals surface area contributed by atoms with E-state index < -0.39 is 0 Å². The number of benzene rings is 1. The molecule has 1 unspecified atom stereocenters. The summed E-state index contributed by atoms with van der Waals surface area (Å²) < 4.78 is 0. The third kappa shape index (κ3) is 2.55. The predicted octanol–water partition coefficient (Wildman–Crippen LogP) is 3.30. The summed E-state index contributed by atoms with van der Waals surface area (Å²) in [5.74, 6) is 1.04. The predicted molar refractivity (Wildman–Crippen MR) is 110 cm³/mol. The number of piperidine rings is 1. The summed E-state index contributed by atoms with van der Waals surface area (Å²) in [6.07, 6.45) is 5.78. The second-order valence-corrected chi connectivity index (χ2v) is 9.22. The summed E-state index contributed by atoms with van der Waals surface area (Å²) in [5, 5.41) is 3.62. The third-order valence-corrected chi connectivity index (χ3v) is 7.17. The quantitative estimate of drug-likeness (QED) is 0.779. The van der Waals surface area contributed by atoms with Crippen molar-refractivity contribution in [2.75, 3.05) is 29.9 Å². The van der Waals surface area contributed by atoms with E-state index in [4.69, 9.17) is 17.3 Å². The number of nitrogens with two attached hydrogens (primary N) is 1. The smallest absolute Gasteiger partial charge is 0.137 e. The molecule has 2 aliphatic heterocycles. The van der Waals surface area contributed by atoms with Gasteiger partial charge >= 0.3 is 0 Å². The van der Waals surface area contributed by atoms with Crippen LogP contribution in [0.15, 0.2) is 24.5 Å². The van der Waals surface area contributed by atoms with Crippen molar-refractivity contribution in [3.8, 4) is 0 Å². The van der Waals surface area contributed by atoms with Gasteiger partial charge in [0.1, 0.15) is 12.1 Å². The number of rotatable bonds is 2. The fourth-order valence-corrected chi connectivity index (χ4v) is 5.61. The fourth-order valence-electron chi connectivity index (χ4n) is 5.32. The van der Waals surface area contributed by atoms with Crippen molar-refractivity contribution in [1.29, 1.82) is 0 Å². The van der Waals surface area contributed by atoms with E-state index in [1.54, 1.807) is 6.33 Å². The standard InChI is InChI=1S/C21H26ClN5/c1-20(22)6-5-16-18(20)19(26-13-25-16)27-9-7-21(8-10-27)12-24-15-4-2-3-14(11-23)17(15)21/h2-4,13,24H,5-12,23H2,1H3. The van der Waals surface area contributed by atoms with Crippen molar-refractivity contribution in [3.05, 3.63) is 46.9 Å². The summed E-state index contributed by atoms with van der Waals surface area (Å²) in [5.41, 5.74) is 12.5. The molecule has 1 saturated heterocycles. The molecule has 5 nitrogen and oxygen atoms in total. The average Bonchev–Trinajstić information content (AvgIpc) is 3.21. The van der Waals surface area contributed by atoms with Crippen LogP contribution in [0.3, 0.4) is 0 Å². The number of fused-ring (bicyclic) bond motifs is 3. The molecule has 1 aromatic heterocycles. The fraction of sp³-hybridized carbons (Fsp3) is 0.524. The number of nitrogens with one attached hydrogen (secondary N) is 1. The highest BCUT2D eigenvalue weighted by Gasteiger charge is 2.44. The molecule has 3 aliphatic rings. The van der Waals surface area contributed by atoms with Crippen LogP contribution in [0.1, 0.15) is 48.6 Å². The first kappa shape index (κ1) is 17.3. The number of alkyl halides is 1. The zero-order valence-corrected chi connectivity index (χ0v) is 16.5. The maximum atomic E-state index is 6.82. The highest BCUT2D eigenvalue weighted by atomic mass is 35.5. The molecule has 0 saturated carbocycles. The number of aromatic nitrogens is 2. The molecule has 0 radical (unpaired) electrons. The van der Waals surface area contributed by atoms with E-state index in [9.17, 15) is 0 Å². The molecule has 1 atom stereocenters. The summed E-state index contributed by atoms with van der Waals surface area (Å²) in [6, 6.07) is 6.47. The molecule has 2 aromatic rings. The molecular formula is C21H26ClN5. The van der Waals surface area contributed by atoms with E-state index in [-0.39, 0.29) is 10.3 Å². The molecule has 3 heterocycles. The van der Waals surface area contributed by atoms with Gasteiger partial charge in [-0.1, -0.05) is 12.1 Å². The Hall–Kier alpha value is -1.85. The lowest BCUT2D eigenvalue weighted by Gasteiger charge is -2.41. The molecule has 5 rings (SSSR count). The maximum absolute atomic E-state index is 6.82. The SMILES string of the molecule is CC1(Cl)CCc2ncnc(N3CCC4(CC3)CNc3cccc(CN)c34)c21. The Balaban J connectivity index is 1.45. The van der Waals surface area contributed by atoms with Crippen molar-refractivity contribution in [2.24, 2.45) is 5.73 Å². The Morgan fingerprint density at radius 3 is 2.78 bits per heavy atom. The van der Waals surface area contributed by atoms with Gasteiger partial charge in [0.25, 0.3) is 0 Å². The second-order valence-electron chi connectivity index (χ2n) is 8.38. The van der Waals surface area contributed by atoms with Gasteiger partial charge in [-0.3, -0.25) is 0 Å². The van der Waals surface area contributed by atoms with Crippen LogP contribution >= 0.6 is 11.6 Å². The van der Waals surface area contributed by atoms with Crippen molar-refractivity contribution in [3.63, 3.8) is 0 Å². The summed E-state index contributed by atoms with van der Waals surface area (Å²) in [7, 11) is 0. The Morgan fingerprint density at radius 2 is 2.00 bits per heavy atom. The van der Waals surface area contributed by atoms with E-state index in [2.05, 4.69) is 45.3 Å². The van der Waals surface area contributed by atoms with Crippen molar-refractivity contribution in [2.45, 2.75) is 49.4 Å². The monoisotopic (exact) mass is 383 g/mol. The second kappa shape index (κ2) is 6.08. The van der Waals surface area contributed by atoms with Crippen molar-refractivity contribution in [1.82, 2.24) is 9.97 Å². The van der Waals surface area contributed by atoms with Crippen LogP contribution in [0.4, 0.5) is 11.5 Å². The molecular weight excluding hydrogens is 358 g/mol. The van der Waals surface area contributed by atoms with E-state index in [0.717, 1.165) is 62.4 Å². The van der Waals surface area contributed by atoms with Gasteiger partial charge in [0.05, 0.1) is 10.6 Å². The summed E-state index contributed by atoms with van der Waals surface area (Å²) in [4.78, 5) is 11.2. The lowest BCUT2D eigenvalue weighted by Crippen LogP contribution is -2.45. The number of halogens is 1. The van der Waals surface area contributed by atoms with E-state index in [1.807, 2.05) is 0 Å². The largest absolute Gasteiger partial charge is 0.384 e. The molecule has 142 valence electrons. The number of anilines is 2. The molecule has 6 heteroatoms. The van der Waals surface area contributed by atoms with Crippen LogP contribution in [0.25, 0.3) is 0 Å². The van der Waals surface area contributed by atoms with Crippen LogP contribution in [-0.4, -0.2) is 29.6 Å². The first-order valence-electron chi connectivity index (χ1n) is 9.89. The minimum atomic E-state index is -0.352. The molecule has 3 N–H and O–H groups in total. The van der Waals surface area contributed by atoms with E-state index >= 15 is 0 Å². The molecule has 27 heavy (non-hydrogen) atoms. The van der Waals surface area contributed by atoms with Gasteiger partial charge in [0, 0.05) is 42.8 Å². The first-order valence-corrected chi connectivity index (χ1v) is 10.3. The highest BCUT2D eigenvalue weighted by molar-refractivity contribution is 6.24. The Kier molecular flexibility index (Phi) is 3.89. The van der Waals surface area contributed by atoms with Crippen LogP contribution in [0.5, 0.6) is 0 Å². The lowest BCUT2D eigenvalue weighted by molar-refractivity contribution is 0.358. The van der Waals surface area contributed by atoms with Crippen LogP contribution in [-0.2, 0) is 23.3 Å². The van der Waals surface area contributed by atoms with Crippen molar-refractivity contribution < 1.29 is 0 Å². The van der Waals surface area contributed by atoms with Gasteiger partial charge in [-0.2, -0.15) is 0 Å². The van der Waals surface area contributed by atoms with Crippen molar-refractivity contribution >= 4 is 23.1 Å². The van der Waals surface area contributed by atoms with Crippen LogP contribution < -0.4 is 16.0 Å². The zero-order valence-electron chi connectivity index (χ0n) is 15.8. The molecule has 1 fully saturated rings. The first-order chi connectivity index (χ1) is 13.0. The minimum absolute atomic E-state index is 0.183. The minimum Gasteiger partial charge on any atom is -0.384 e. The van der Waals surface area contributed by atoms with E-state index in [1.165, 1.54) is 16.8 Å². The highest BCUT2D eigenvalue weighted by Crippen LogP contribution is 2.49. The zero-order chi connectivity index (χ0) is 18.6. The Labute approximate surface area is 165 Å². The number of nitrogens with zero attached hydrogens (tertiary/aromatic N) is 3. The molecule has 0 bridgehead atoms. The van der Waals surface area contributed by atoms with Gasteiger partial charge in [0.2, 0.25) is 0 Å². The maximum Gasteiger partial charge on any atom is 0.137 e. The molecule has 1 spiro atoms.